The minimum absolute atomic E-state index is 0.545. The van der Waals surface area contributed by atoms with Crippen molar-refractivity contribution in [3.8, 4) is 17.1 Å². The fourth-order valence-corrected chi connectivity index (χ4v) is 1.97. The monoisotopic (exact) mass is 304 g/mol. The fraction of sp³-hybridized carbons (Fsp3) is 0. The van der Waals surface area contributed by atoms with Gasteiger partial charge in [0.25, 0.3) is 0 Å². The van der Waals surface area contributed by atoms with Gasteiger partial charge in [0.2, 0.25) is 0 Å². The number of halogens is 1. The Morgan fingerprint density at radius 2 is 1.94 bits per heavy atom. The molecule has 0 atom stereocenters. The summed E-state index contributed by atoms with van der Waals surface area (Å²) in [5.41, 5.74) is 7.49. The average molecular weight is 305 g/mol. The molecular formula is C12H9BrN4O. The normalized spacial score (nSPS) is 10.7. The smallest absolute Gasteiger partial charge is 0.169 e. The van der Waals surface area contributed by atoms with E-state index in [2.05, 4.69) is 26.0 Å². The maximum absolute atomic E-state index is 5.94. The Labute approximate surface area is 111 Å². The van der Waals surface area contributed by atoms with Gasteiger partial charge in [0.05, 0.1) is 5.69 Å². The van der Waals surface area contributed by atoms with Gasteiger partial charge in [0, 0.05) is 18.5 Å². The molecule has 3 aromatic rings. The lowest BCUT2D eigenvalue weighted by Crippen LogP contribution is -2.01. The van der Waals surface area contributed by atoms with Gasteiger partial charge in [0.15, 0.2) is 10.4 Å². The van der Waals surface area contributed by atoms with Crippen molar-refractivity contribution in [1.29, 1.82) is 0 Å². The molecule has 0 aliphatic rings. The van der Waals surface area contributed by atoms with Crippen molar-refractivity contribution in [3.05, 3.63) is 47.4 Å². The molecule has 0 aliphatic heterocycles. The third-order valence-corrected chi connectivity index (χ3v) is 2.90. The van der Waals surface area contributed by atoms with Gasteiger partial charge in [0.1, 0.15) is 11.5 Å². The van der Waals surface area contributed by atoms with Crippen LogP contribution >= 0.6 is 15.9 Å². The number of pyridine rings is 1. The summed E-state index contributed by atoms with van der Waals surface area (Å²) in [6, 6.07) is 9.10. The first kappa shape index (κ1) is 11.0. The van der Waals surface area contributed by atoms with E-state index in [4.69, 9.17) is 10.2 Å². The summed E-state index contributed by atoms with van der Waals surface area (Å²) >= 11 is 3.26. The number of rotatable bonds is 2. The number of aromatic nitrogens is 3. The summed E-state index contributed by atoms with van der Waals surface area (Å²) in [5, 5.41) is 4.41. The van der Waals surface area contributed by atoms with Crippen LogP contribution in [0.4, 0.5) is 5.82 Å². The molecule has 0 saturated heterocycles. The van der Waals surface area contributed by atoms with Gasteiger partial charge in [-0.25, -0.2) is 4.68 Å². The van der Waals surface area contributed by atoms with E-state index < -0.39 is 0 Å². The number of hydrogen-bond donors (Lipinski definition) is 1. The Hall–Kier alpha value is -2.08. The van der Waals surface area contributed by atoms with Crippen LogP contribution in [0.1, 0.15) is 0 Å². The first-order valence-corrected chi connectivity index (χ1v) is 6.05. The molecule has 0 saturated carbocycles. The van der Waals surface area contributed by atoms with Gasteiger partial charge in [-0.2, -0.15) is 5.10 Å². The largest absolute Gasteiger partial charge is 0.448 e. The minimum Gasteiger partial charge on any atom is -0.448 e. The maximum Gasteiger partial charge on any atom is 0.169 e. The van der Waals surface area contributed by atoms with Crippen molar-refractivity contribution in [1.82, 2.24) is 14.8 Å². The number of furan rings is 1. The molecule has 0 radical (unpaired) electrons. The fourth-order valence-electron chi connectivity index (χ4n) is 1.66. The summed E-state index contributed by atoms with van der Waals surface area (Å²) in [4.78, 5) is 3.96. The van der Waals surface area contributed by atoms with Crippen LogP contribution in [0.2, 0.25) is 0 Å². The molecule has 0 spiro atoms. The van der Waals surface area contributed by atoms with Crippen LogP contribution in [0.15, 0.2) is 51.8 Å². The molecule has 6 heteroatoms. The lowest BCUT2D eigenvalue weighted by atomic mass is 10.3. The molecule has 0 fully saturated rings. The minimum atomic E-state index is 0.545. The molecular weight excluding hydrogens is 296 g/mol. The average Bonchev–Trinajstić information content (AvgIpc) is 2.97. The third-order valence-electron chi connectivity index (χ3n) is 2.47. The van der Waals surface area contributed by atoms with E-state index in [-0.39, 0.29) is 0 Å². The zero-order chi connectivity index (χ0) is 12.5. The van der Waals surface area contributed by atoms with E-state index in [0.29, 0.717) is 21.9 Å². The zero-order valence-corrected chi connectivity index (χ0v) is 10.8. The maximum atomic E-state index is 5.94. The highest BCUT2D eigenvalue weighted by molar-refractivity contribution is 9.10. The molecule has 0 aliphatic carbocycles. The van der Waals surface area contributed by atoms with Crippen molar-refractivity contribution in [2.75, 3.05) is 5.73 Å². The summed E-state index contributed by atoms with van der Waals surface area (Å²) in [5.74, 6) is 1.21. The van der Waals surface area contributed by atoms with Crippen molar-refractivity contribution in [2.24, 2.45) is 0 Å². The van der Waals surface area contributed by atoms with Crippen molar-refractivity contribution >= 4 is 21.7 Å². The molecule has 0 unspecified atom stereocenters. The van der Waals surface area contributed by atoms with E-state index in [1.165, 1.54) is 0 Å². The highest BCUT2D eigenvalue weighted by Crippen LogP contribution is 2.26. The number of nitrogens with zero attached hydrogens (tertiary/aromatic N) is 3. The molecule has 90 valence electrons. The zero-order valence-electron chi connectivity index (χ0n) is 9.25. The molecule has 18 heavy (non-hydrogen) atoms. The van der Waals surface area contributed by atoms with Gasteiger partial charge in [-0.05, 0) is 40.2 Å². The van der Waals surface area contributed by atoms with Crippen molar-refractivity contribution < 1.29 is 4.42 Å². The van der Waals surface area contributed by atoms with Crippen molar-refractivity contribution in [3.63, 3.8) is 0 Å². The van der Waals surface area contributed by atoms with Crippen LogP contribution in [-0.4, -0.2) is 14.8 Å². The van der Waals surface area contributed by atoms with Crippen LogP contribution in [0, 0.1) is 0 Å². The quantitative estimate of drug-likeness (QED) is 0.790. The molecule has 0 amide bonds. The second-order valence-electron chi connectivity index (χ2n) is 3.68. The van der Waals surface area contributed by atoms with E-state index in [0.717, 1.165) is 5.69 Å². The summed E-state index contributed by atoms with van der Waals surface area (Å²) in [6.45, 7) is 0. The van der Waals surface area contributed by atoms with Gasteiger partial charge < -0.3 is 10.2 Å². The summed E-state index contributed by atoms with van der Waals surface area (Å²) in [6.07, 6.45) is 3.39. The molecule has 3 aromatic heterocycles. The van der Waals surface area contributed by atoms with E-state index >= 15 is 0 Å². The molecule has 0 aromatic carbocycles. The second-order valence-corrected chi connectivity index (χ2v) is 4.46. The van der Waals surface area contributed by atoms with Gasteiger partial charge >= 0.3 is 0 Å². The number of anilines is 1. The Morgan fingerprint density at radius 3 is 2.61 bits per heavy atom. The predicted octanol–water partition coefficient (Wildman–Crippen LogP) is 2.87. The Balaban J connectivity index is 2.06. The summed E-state index contributed by atoms with van der Waals surface area (Å²) < 4.78 is 7.75. The molecule has 0 bridgehead atoms. The Kier molecular flexibility index (Phi) is 2.64. The van der Waals surface area contributed by atoms with E-state index in [1.54, 1.807) is 23.1 Å². The van der Waals surface area contributed by atoms with Gasteiger partial charge in [-0.3, -0.25) is 4.98 Å². The van der Waals surface area contributed by atoms with Crippen LogP contribution in [-0.2, 0) is 0 Å². The van der Waals surface area contributed by atoms with Crippen LogP contribution < -0.4 is 5.73 Å². The van der Waals surface area contributed by atoms with Crippen molar-refractivity contribution in [2.45, 2.75) is 0 Å². The lowest BCUT2D eigenvalue weighted by Gasteiger charge is -2.01. The topological polar surface area (TPSA) is 69.9 Å². The second kappa shape index (κ2) is 4.30. The SMILES string of the molecule is Nc1cc(-c2ccc(Br)o2)nn1-c1ccncc1. The first-order chi connectivity index (χ1) is 8.74. The van der Waals surface area contributed by atoms with Crippen LogP contribution in [0.5, 0.6) is 0 Å². The van der Waals surface area contributed by atoms with Gasteiger partial charge in [-0.15, -0.1) is 0 Å². The molecule has 2 N–H and O–H groups in total. The number of nitrogens with two attached hydrogens (primary N) is 1. The third kappa shape index (κ3) is 1.91. The van der Waals surface area contributed by atoms with Crippen LogP contribution in [0.25, 0.3) is 17.1 Å². The lowest BCUT2D eigenvalue weighted by molar-refractivity contribution is 0.553. The molecule has 3 heterocycles. The van der Waals surface area contributed by atoms with Gasteiger partial charge in [-0.1, -0.05) is 0 Å². The standard InChI is InChI=1S/C12H9BrN4O/c13-11-2-1-10(18-11)9-7-12(14)17(16-9)8-3-5-15-6-4-8/h1-7H,14H2. The summed E-state index contributed by atoms with van der Waals surface area (Å²) in [7, 11) is 0. The number of hydrogen-bond acceptors (Lipinski definition) is 4. The highest BCUT2D eigenvalue weighted by Gasteiger charge is 2.11. The molecule has 3 rings (SSSR count). The molecule has 5 nitrogen and oxygen atoms in total. The van der Waals surface area contributed by atoms with Crippen LogP contribution in [0.3, 0.4) is 0 Å². The Bertz CT molecular complexity index is 674. The number of nitrogen functional groups attached to an aromatic ring is 1. The first-order valence-electron chi connectivity index (χ1n) is 5.26. The predicted molar refractivity (Wildman–Crippen MR) is 71.2 cm³/mol. The van der Waals surface area contributed by atoms with E-state index in [9.17, 15) is 0 Å². The highest BCUT2D eigenvalue weighted by atomic mass is 79.9. The van der Waals surface area contributed by atoms with E-state index in [1.807, 2.05) is 24.3 Å². The Morgan fingerprint density at radius 1 is 1.17 bits per heavy atom.